The zero-order valence-corrected chi connectivity index (χ0v) is 14.8. The topological polar surface area (TPSA) is 87.1 Å². The van der Waals surface area contributed by atoms with E-state index in [-0.39, 0.29) is 11.9 Å². The summed E-state index contributed by atoms with van der Waals surface area (Å²) in [6.07, 6.45) is 3.50. The molecule has 2 aromatic heterocycles. The molecule has 2 aromatic rings. The van der Waals surface area contributed by atoms with Crippen molar-refractivity contribution in [3.05, 3.63) is 35.9 Å². The molecule has 0 bridgehead atoms. The standard InChI is InChI=1S/C17H23N7O/c1-12(2)20-15(25)14-11-13(3)21-17(22-14)24-9-7-23(8-10-24)16-18-5-4-6-19-16/h4-6,11-12H,7-10H2,1-3H3,(H,20,25). The molecule has 8 nitrogen and oxygen atoms in total. The van der Waals surface area contributed by atoms with Crippen molar-refractivity contribution < 1.29 is 4.79 Å². The van der Waals surface area contributed by atoms with Crippen LogP contribution in [0.2, 0.25) is 0 Å². The van der Waals surface area contributed by atoms with E-state index in [1.165, 1.54) is 0 Å². The van der Waals surface area contributed by atoms with E-state index in [2.05, 4.69) is 35.1 Å². The van der Waals surface area contributed by atoms with Gasteiger partial charge in [0, 0.05) is 50.3 Å². The van der Waals surface area contributed by atoms with E-state index in [1.54, 1.807) is 18.5 Å². The molecular formula is C17H23N7O. The summed E-state index contributed by atoms with van der Waals surface area (Å²) in [4.78, 5) is 34.0. The predicted octanol–water partition coefficient (Wildman–Crippen LogP) is 1.04. The summed E-state index contributed by atoms with van der Waals surface area (Å²) in [5.41, 5.74) is 1.19. The normalized spacial score (nSPS) is 14.7. The fraction of sp³-hybridized carbons (Fsp3) is 0.471. The quantitative estimate of drug-likeness (QED) is 0.889. The number of hydrogen-bond acceptors (Lipinski definition) is 7. The highest BCUT2D eigenvalue weighted by atomic mass is 16.1. The van der Waals surface area contributed by atoms with Crippen molar-refractivity contribution in [2.24, 2.45) is 0 Å². The van der Waals surface area contributed by atoms with E-state index in [0.29, 0.717) is 11.6 Å². The molecule has 1 fully saturated rings. The summed E-state index contributed by atoms with van der Waals surface area (Å²) in [5, 5.41) is 2.87. The lowest BCUT2D eigenvalue weighted by atomic mass is 10.3. The molecule has 3 heterocycles. The fourth-order valence-corrected chi connectivity index (χ4v) is 2.71. The number of nitrogens with zero attached hydrogens (tertiary/aromatic N) is 6. The van der Waals surface area contributed by atoms with Gasteiger partial charge in [-0.1, -0.05) is 0 Å². The lowest BCUT2D eigenvalue weighted by molar-refractivity contribution is 0.0938. The van der Waals surface area contributed by atoms with Crippen LogP contribution in [0.25, 0.3) is 0 Å². The van der Waals surface area contributed by atoms with Gasteiger partial charge in [0.15, 0.2) is 0 Å². The maximum Gasteiger partial charge on any atom is 0.270 e. The number of aryl methyl sites for hydroxylation is 1. The smallest absolute Gasteiger partial charge is 0.270 e. The van der Waals surface area contributed by atoms with Crippen LogP contribution < -0.4 is 15.1 Å². The van der Waals surface area contributed by atoms with Crippen LogP contribution in [0, 0.1) is 6.92 Å². The first-order valence-corrected chi connectivity index (χ1v) is 8.46. The third kappa shape index (κ3) is 4.20. The minimum Gasteiger partial charge on any atom is -0.349 e. The Kier molecular flexibility index (Phi) is 5.06. The van der Waals surface area contributed by atoms with E-state index in [0.717, 1.165) is 37.8 Å². The number of aromatic nitrogens is 4. The summed E-state index contributed by atoms with van der Waals surface area (Å²) in [7, 11) is 0. The largest absolute Gasteiger partial charge is 0.349 e. The molecule has 1 saturated heterocycles. The number of piperazine rings is 1. The maximum absolute atomic E-state index is 12.2. The Labute approximate surface area is 147 Å². The summed E-state index contributed by atoms with van der Waals surface area (Å²) < 4.78 is 0. The Morgan fingerprint density at radius 2 is 1.64 bits per heavy atom. The van der Waals surface area contributed by atoms with Crippen molar-refractivity contribution in [1.82, 2.24) is 25.3 Å². The average molecular weight is 341 g/mol. The van der Waals surface area contributed by atoms with Crippen LogP contribution in [0.1, 0.15) is 30.0 Å². The third-order valence-electron chi connectivity index (χ3n) is 3.89. The van der Waals surface area contributed by atoms with E-state index >= 15 is 0 Å². The van der Waals surface area contributed by atoms with Crippen LogP contribution in [0.4, 0.5) is 11.9 Å². The molecule has 1 aliphatic rings. The number of carbonyl (C=O) groups excluding carboxylic acids is 1. The summed E-state index contributed by atoms with van der Waals surface area (Å²) in [5.74, 6) is 1.17. The molecule has 1 aliphatic heterocycles. The van der Waals surface area contributed by atoms with Gasteiger partial charge in [-0.3, -0.25) is 4.79 Å². The van der Waals surface area contributed by atoms with E-state index < -0.39 is 0 Å². The summed E-state index contributed by atoms with van der Waals surface area (Å²) in [6.45, 7) is 8.82. The molecule has 0 atom stereocenters. The zero-order valence-electron chi connectivity index (χ0n) is 14.8. The van der Waals surface area contributed by atoms with Crippen molar-refractivity contribution >= 4 is 17.8 Å². The second-order valence-corrected chi connectivity index (χ2v) is 6.35. The Bertz CT molecular complexity index is 727. The first-order chi connectivity index (χ1) is 12.0. The maximum atomic E-state index is 12.2. The molecule has 3 rings (SSSR count). The van der Waals surface area contributed by atoms with Gasteiger partial charge in [-0.15, -0.1) is 0 Å². The molecule has 0 unspecified atom stereocenters. The Hall–Kier alpha value is -2.77. The molecule has 132 valence electrons. The third-order valence-corrected chi connectivity index (χ3v) is 3.89. The van der Waals surface area contributed by atoms with Crippen molar-refractivity contribution in [2.45, 2.75) is 26.8 Å². The molecule has 8 heteroatoms. The number of carbonyl (C=O) groups is 1. The number of amides is 1. The van der Waals surface area contributed by atoms with Gasteiger partial charge < -0.3 is 15.1 Å². The van der Waals surface area contributed by atoms with Gasteiger partial charge in [-0.2, -0.15) is 0 Å². The number of rotatable bonds is 4. The first-order valence-electron chi connectivity index (χ1n) is 8.46. The number of nitrogens with one attached hydrogen (secondary N) is 1. The monoisotopic (exact) mass is 341 g/mol. The highest BCUT2D eigenvalue weighted by molar-refractivity contribution is 5.92. The van der Waals surface area contributed by atoms with Gasteiger partial charge in [0.25, 0.3) is 5.91 Å². The van der Waals surface area contributed by atoms with E-state index in [1.807, 2.05) is 26.8 Å². The lowest BCUT2D eigenvalue weighted by Crippen LogP contribution is -2.47. The van der Waals surface area contributed by atoms with Crippen LogP contribution in [0.5, 0.6) is 0 Å². The molecular weight excluding hydrogens is 318 g/mol. The second-order valence-electron chi connectivity index (χ2n) is 6.35. The van der Waals surface area contributed by atoms with Crippen LogP contribution in [-0.4, -0.2) is 58.1 Å². The van der Waals surface area contributed by atoms with Crippen molar-refractivity contribution in [3.63, 3.8) is 0 Å². The second kappa shape index (κ2) is 7.42. The zero-order chi connectivity index (χ0) is 17.8. The molecule has 1 amide bonds. The molecule has 0 saturated carbocycles. The molecule has 0 aromatic carbocycles. The van der Waals surface area contributed by atoms with Crippen LogP contribution in [0.15, 0.2) is 24.5 Å². The van der Waals surface area contributed by atoms with Crippen molar-refractivity contribution in [3.8, 4) is 0 Å². The summed E-state index contributed by atoms with van der Waals surface area (Å²) in [6, 6.07) is 3.60. The average Bonchev–Trinajstić information content (AvgIpc) is 2.61. The van der Waals surface area contributed by atoms with Crippen LogP contribution in [-0.2, 0) is 0 Å². The predicted molar refractivity (Wildman–Crippen MR) is 95.8 cm³/mol. The molecule has 0 aliphatic carbocycles. The fourth-order valence-electron chi connectivity index (χ4n) is 2.71. The minimum absolute atomic E-state index is 0.0700. The molecule has 0 spiro atoms. The van der Waals surface area contributed by atoms with Gasteiger partial charge in [-0.25, -0.2) is 19.9 Å². The Balaban J connectivity index is 1.71. The van der Waals surface area contributed by atoms with Gasteiger partial charge in [0.1, 0.15) is 5.69 Å². The highest BCUT2D eigenvalue weighted by Crippen LogP contribution is 2.15. The van der Waals surface area contributed by atoms with Gasteiger partial charge >= 0.3 is 0 Å². The first kappa shape index (κ1) is 17.1. The lowest BCUT2D eigenvalue weighted by Gasteiger charge is -2.34. The van der Waals surface area contributed by atoms with E-state index in [4.69, 9.17) is 0 Å². The number of anilines is 2. The SMILES string of the molecule is Cc1cc(C(=O)NC(C)C)nc(N2CCN(c3ncccn3)CC2)n1. The number of hydrogen-bond donors (Lipinski definition) is 1. The van der Waals surface area contributed by atoms with Gasteiger partial charge in [0.2, 0.25) is 11.9 Å². The molecule has 0 radical (unpaired) electrons. The molecule has 1 N–H and O–H groups in total. The Morgan fingerprint density at radius 1 is 1.04 bits per heavy atom. The summed E-state index contributed by atoms with van der Waals surface area (Å²) >= 11 is 0. The van der Waals surface area contributed by atoms with Crippen LogP contribution >= 0.6 is 0 Å². The van der Waals surface area contributed by atoms with Gasteiger partial charge in [-0.05, 0) is 32.9 Å². The van der Waals surface area contributed by atoms with Crippen molar-refractivity contribution in [1.29, 1.82) is 0 Å². The van der Waals surface area contributed by atoms with Gasteiger partial charge in [0.05, 0.1) is 0 Å². The Morgan fingerprint density at radius 3 is 2.24 bits per heavy atom. The van der Waals surface area contributed by atoms with Crippen LogP contribution in [0.3, 0.4) is 0 Å². The molecule has 25 heavy (non-hydrogen) atoms. The minimum atomic E-state index is -0.168. The van der Waals surface area contributed by atoms with Crippen molar-refractivity contribution in [2.75, 3.05) is 36.0 Å². The van der Waals surface area contributed by atoms with E-state index in [9.17, 15) is 4.79 Å². The highest BCUT2D eigenvalue weighted by Gasteiger charge is 2.22.